The Morgan fingerprint density at radius 3 is 2.49 bits per heavy atom. The Bertz CT molecular complexity index is 1270. The van der Waals surface area contributed by atoms with Crippen LogP contribution in [-0.2, 0) is 33.8 Å². The van der Waals surface area contributed by atoms with E-state index in [2.05, 4.69) is 5.32 Å². The van der Waals surface area contributed by atoms with E-state index in [0.717, 1.165) is 5.56 Å². The molecule has 0 heterocycles. The molecule has 3 aliphatic rings. The topological polar surface area (TPSA) is 161 Å². The number of aliphatic hydroxyl groups is 2. The van der Waals surface area contributed by atoms with E-state index in [0.29, 0.717) is 42.5 Å². The minimum Gasteiger partial charge on any atom is -0.508 e. The Kier molecular flexibility index (Phi) is 7.14. The number of carbonyl (C=O) groups excluding carboxylic acids is 3. The van der Waals surface area contributed by atoms with Crippen molar-refractivity contribution in [1.82, 2.24) is 5.32 Å². The Hall–Kier alpha value is -3.30. The Labute approximate surface area is 214 Å². The van der Waals surface area contributed by atoms with Crippen LogP contribution in [0.1, 0.15) is 73.5 Å². The van der Waals surface area contributed by atoms with Crippen molar-refractivity contribution in [3.05, 3.63) is 50.8 Å². The van der Waals surface area contributed by atoms with Crippen molar-refractivity contribution in [1.29, 1.82) is 0 Å². The van der Waals surface area contributed by atoms with E-state index in [9.17, 15) is 34.5 Å². The largest absolute Gasteiger partial charge is 0.508 e. The van der Waals surface area contributed by atoms with Gasteiger partial charge in [0.2, 0.25) is 5.78 Å². The molecule has 9 nitrogen and oxygen atoms in total. The minimum absolute atomic E-state index is 0.0133. The smallest absolute Gasteiger partial charge is 0.303 e. The SMILES string of the molecule is CCc1cc(CNCCCC(=O)O)c(O)c2c1C[C@H]1C[C@H]3CC(C)=C(C(C)=O)C(=O)[C@@]3(O)C(O)=C1C2=O. The van der Waals surface area contributed by atoms with Gasteiger partial charge in [0.05, 0.1) is 11.1 Å². The fourth-order valence-corrected chi connectivity index (χ4v) is 6.27. The number of aryl methyl sites for hydroxylation is 1. The van der Waals surface area contributed by atoms with Gasteiger partial charge in [-0.05, 0) is 69.5 Å². The highest BCUT2D eigenvalue weighted by molar-refractivity contribution is 6.25. The number of fused-ring (bicyclic) bond motifs is 3. The molecule has 3 aliphatic carbocycles. The van der Waals surface area contributed by atoms with Gasteiger partial charge in [0.1, 0.15) is 11.5 Å². The number of aliphatic hydroxyl groups excluding tert-OH is 1. The van der Waals surface area contributed by atoms with Crippen LogP contribution in [0.4, 0.5) is 0 Å². The molecule has 0 fully saturated rings. The second-order valence-electron chi connectivity index (χ2n) is 10.4. The summed E-state index contributed by atoms with van der Waals surface area (Å²) < 4.78 is 0. The normalized spacial score (nSPS) is 25.1. The van der Waals surface area contributed by atoms with Crippen LogP contribution in [0, 0.1) is 11.8 Å². The standard InChI is InChI=1S/C28H33NO8/c1-4-15-9-17(12-29-7-5-6-20(31)32)24(33)23-19(15)11-16-10-18-8-13(2)21(14(3)30)26(35)28(18,37)27(36)22(16)25(23)34/h9,16,18,29,33,36-37H,4-8,10-12H2,1-3H3,(H,31,32)/t16-,18-,28-/m1/s1. The molecule has 4 rings (SSSR count). The lowest BCUT2D eigenvalue weighted by Crippen LogP contribution is -2.56. The maximum Gasteiger partial charge on any atom is 0.303 e. The second-order valence-corrected chi connectivity index (χ2v) is 10.4. The summed E-state index contributed by atoms with van der Waals surface area (Å²) in [6, 6.07) is 1.84. The number of aliphatic carboxylic acids is 1. The van der Waals surface area contributed by atoms with Crippen LogP contribution in [0.25, 0.3) is 0 Å². The van der Waals surface area contributed by atoms with Crippen LogP contribution in [-0.4, -0.2) is 55.9 Å². The van der Waals surface area contributed by atoms with Crippen molar-refractivity contribution in [3.63, 3.8) is 0 Å². The maximum absolute atomic E-state index is 13.8. The molecule has 5 N–H and O–H groups in total. The minimum atomic E-state index is -2.36. The van der Waals surface area contributed by atoms with Crippen LogP contribution >= 0.6 is 0 Å². The van der Waals surface area contributed by atoms with Gasteiger partial charge in [-0.25, -0.2) is 0 Å². The number of carbonyl (C=O) groups is 4. The lowest BCUT2D eigenvalue weighted by Gasteiger charge is -2.46. The monoisotopic (exact) mass is 511 g/mol. The molecule has 37 heavy (non-hydrogen) atoms. The van der Waals surface area contributed by atoms with Crippen molar-refractivity contribution in [2.24, 2.45) is 11.8 Å². The number of phenolic OH excluding ortho intramolecular Hbond substituents is 1. The summed E-state index contributed by atoms with van der Waals surface area (Å²) in [5.74, 6) is -4.95. The number of aromatic hydroxyl groups is 1. The van der Waals surface area contributed by atoms with Crippen LogP contribution < -0.4 is 5.32 Å². The summed E-state index contributed by atoms with van der Waals surface area (Å²) in [6.07, 6.45) is 1.94. The van der Waals surface area contributed by atoms with E-state index in [-0.39, 0.29) is 48.3 Å². The number of Topliss-reactive ketones (excluding diaryl/α,β-unsaturated/α-hetero) is 3. The van der Waals surface area contributed by atoms with Crippen LogP contribution in [0.5, 0.6) is 5.75 Å². The van der Waals surface area contributed by atoms with Gasteiger partial charge >= 0.3 is 5.97 Å². The van der Waals surface area contributed by atoms with E-state index in [4.69, 9.17) is 5.11 Å². The lowest BCUT2D eigenvalue weighted by atomic mass is 9.59. The first kappa shape index (κ1) is 26.8. The molecule has 0 aliphatic heterocycles. The van der Waals surface area contributed by atoms with Gasteiger partial charge < -0.3 is 25.7 Å². The number of hydrogen-bond acceptors (Lipinski definition) is 8. The second kappa shape index (κ2) is 9.87. The summed E-state index contributed by atoms with van der Waals surface area (Å²) >= 11 is 0. The van der Waals surface area contributed by atoms with Gasteiger partial charge in [0.25, 0.3) is 0 Å². The molecular weight excluding hydrogens is 478 g/mol. The molecule has 0 unspecified atom stereocenters. The molecule has 9 heteroatoms. The number of rotatable bonds is 8. The van der Waals surface area contributed by atoms with E-state index >= 15 is 0 Å². The first-order valence-corrected chi connectivity index (χ1v) is 12.7. The highest BCUT2D eigenvalue weighted by atomic mass is 16.4. The number of phenols is 1. The van der Waals surface area contributed by atoms with Gasteiger partial charge in [0, 0.05) is 30.0 Å². The maximum atomic E-state index is 13.8. The fraction of sp³-hybridized carbons (Fsp3) is 0.500. The van der Waals surface area contributed by atoms with Gasteiger partial charge in [-0.2, -0.15) is 0 Å². The predicted octanol–water partition coefficient (Wildman–Crippen LogP) is 2.71. The first-order chi connectivity index (χ1) is 17.4. The molecular formula is C28H33NO8. The van der Waals surface area contributed by atoms with Crippen LogP contribution in [0.2, 0.25) is 0 Å². The van der Waals surface area contributed by atoms with Crippen molar-refractivity contribution >= 4 is 23.3 Å². The van der Waals surface area contributed by atoms with Gasteiger partial charge in [0.15, 0.2) is 17.2 Å². The summed E-state index contributed by atoms with van der Waals surface area (Å²) in [6.45, 7) is 5.48. The van der Waals surface area contributed by atoms with Crippen LogP contribution in [0.15, 0.2) is 28.5 Å². The third kappa shape index (κ3) is 4.30. The number of allylic oxidation sites excluding steroid dienone is 2. The quantitative estimate of drug-likeness (QED) is 0.261. The number of carboxylic acid groups (broad SMARTS) is 1. The third-order valence-electron chi connectivity index (χ3n) is 8.03. The Balaban J connectivity index is 1.74. The molecule has 0 bridgehead atoms. The molecule has 1 aromatic rings. The van der Waals surface area contributed by atoms with E-state index in [1.165, 1.54) is 6.92 Å². The predicted molar refractivity (Wildman–Crippen MR) is 133 cm³/mol. The van der Waals surface area contributed by atoms with Crippen LogP contribution in [0.3, 0.4) is 0 Å². The summed E-state index contributed by atoms with van der Waals surface area (Å²) in [5, 5.41) is 45.7. The van der Waals surface area contributed by atoms with Crippen molar-refractivity contribution < 1.29 is 39.6 Å². The van der Waals surface area contributed by atoms with E-state index in [1.54, 1.807) is 6.92 Å². The van der Waals surface area contributed by atoms with Gasteiger partial charge in [-0.1, -0.05) is 18.6 Å². The number of hydrogen-bond donors (Lipinski definition) is 5. The first-order valence-electron chi connectivity index (χ1n) is 12.7. The Morgan fingerprint density at radius 1 is 1.16 bits per heavy atom. The highest BCUT2D eigenvalue weighted by Gasteiger charge is 2.58. The molecule has 0 amide bonds. The number of benzene rings is 1. The Morgan fingerprint density at radius 2 is 1.86 bits per heavy atom. The summed E-state index contributed by atoms with van der Waals surface area (Å²) in [4.78, 5) is 49.9. The average molecular weight is 512 g/mol. The molecule has 0 aromatic heterocycles. The van der Waals surface area contributed by atoms with E-state index in [1.807, 2.05) is 13.0 Å². The zero-order chi connectivity index (χ0) is 27.2. The molecule has 0 radical (unpaired) electrons. The number of ketones is 3. The van der Waals surface area contributed by atoms with E-state index < -0.39 is 46.5 Å². The van der Waals surface area contributed by atoms with Gasteiger partial charge in [-0.3, -0.25) is 19.2 Å². The van der Waals surface area contributed by atoms with Crippen molar-refractivity contribution in [3.8, 4) is 5.75 Å². The molecule has 1 aromatic carbocycles. The zero-order valence-electron chi connectivity index (χ0n) is 21.3. The van der Waals surface area contributed by atoms with Gasteiger partial charge in [-0.15, -0.1) is 0 Å². The third-order valence-corrected chi connectivity index (χ3v) is 8.03. The van der Waals surface area contributed by atoms with Crippen molar-refractivity contribution in [2.45, 2.75) is 71.4 Å². The summed E-state index contributed by atoms with van der Waals surface area (Å²) in [5.41, 5.74) is 0.110. The lowest BCUT2D eigenvalue weighted by molar-refractivity contribution is -0.143. The molecule has 198 valence electrons. The van der Waals surface area contributed by atoms with Crippen molar-refractivity contribution in [2.75, 3.05) is 6.54 Å². The summed E-state index contributed by atoms with van der Waals surface area (Å²) in [7, 11) is 0. The fourth-order valence-electron chi connectivity index (χ4n) is 6.27. The highest BCUT2D eigenvalue weighted by Crippen LogP contribution is 2.52. The molecule has 0 spiro atoms. The molecule has 0 saturated heterocycles. The molecule has 0 saturated carbocycles. The number of nitrogens with one attached hydrogen (secondary N) is 1. The molecule has 3 atom stereocenters. The average Bonchev–Trinajstić information content (AvgIpc) is 2.82. The number of carboxylic acids is 1. The zero-order valence-corrected chi connectivity index (χ0v) is 21.3.